The van der Waals surface area contributed by atoms with E-state index >= 15 is 0 Å². The maximum Gasteiger partial charge on any atom is 0.335 e. The van der Waals surface area contributed by atoms with Gasteiger partial charge in [0.15, 0.2) is 5.11 Å². The van der Waals surface area contributed by atoms with Crippen LogP contribution in [-0.4, -0.2) is 39.4 Å². The summed E-state index contributed by atoms with van der Waals surface area (Å²) in [5.41, 5.74) is 1.56. The normalized spacial score (nSPS) is 16.9. The summed E-state index contributed by atoms with van der Waals surface area (Å²) >= 11 is 5.72. The Morgan fingerprint density at radius 3 is 2.41 bits per heavy atom. The smallest absolute Gasteiger partial charge is 0.335 e. The zero-order valence-corrected chi connectivity index (χ0v) is 20.3. The van der Waals surface area contributed by atoms with Crippen LogP contribution in [0.1, 0.15) is 44.3 Å². The van der Waals surface area contributed by atoms with Gasteiger partial charge in [-0.15, -0.1) is 0 Å². The van der Waals surface area contributed by atoms with Crippen LogP contribution in [0.15, 0.2) is 83.4 Å². The van der Waals surface area contributed by atoms with Crippen LogP contribution in [0.2, 0.25) is 0 Å². The Morgan fingerprint density at radius 2 is 1.76 bits per heavy atom. The molecule has 1 aliphatic heterocycles. The lowest BCUT2D eigenvalue weighted by Crippen LogP contribution is -2.29. The second kappa shape index (κ2) is 9.75. The molecule has 0 radical (unpaired) electrons. The van der Waals surface area contributed by atoms with Gasteiger partial charge < -0.3 is 29.6 Å². The molecule has 0 bridgehead atoms. The zero-order valence-electron chi connectivity index (χ0n) is 19.5. The van der Waals surface area contributed by atoms with E-state index in [9.17, 15) is 19.8 Å². The highest BCUT2D eigenvalue weighted by Gasteiger charge is 2.42. The molecular weight excluding hydrogens is 494 g/mol. The van der Waals surface area contributed by atoms with Crippen LogP contribution in [0.5, 0.6) is 5.75 Å². The predicted octanol–water partition coefficient (Wildman–Crippen LogP) is 4.92. The summed E-state index contributed by atoms with van der Waals surface area (Å²) in [5.74, 6) is -0.962. The van der Waals surface area contributed by atoms with Gasteiger partial charge in [-0.25, -0.2) is 9.59 Å². The van der Waals surface area contributed by atoms with E-state index in [-0.39, 0.29) is 17.2 Å². The van der Waals surface area contributed by atoms with Crippen molar-refractivity contribution >= 4 is 35.0 Å². The summed E-state index contributed by atoms with van der Waals surface area (Å²) < 4.78 is 11.6. The first-order chi connectivity index (χ1) is 17.9. The van der Waals surface area contributed by atoms with E-state index < -0.39 is 18.0 Å². The molecule has 3 heterocycles. The first kappa shape index (κ1) is 24.0. The second-order valence-electron chi connectivity index (χ2n) is 8.31. The highest BCUT2D eigenvalue weighted by Crippen LogP contribution is 2.43. The molecular formula is C27H21N3O6S. The van der Waals surface area contributed by atoms with E-state index in [1.54, 1.807) is 25.4 Å². The van der Waals surface area contributed by atoms with Gasteiger partial charge in [0.25, 0.3) is 0 Å². The van der Waals surface area contributed by atoms with Crippen molar-refractivity contribution in [1.82, 2.24) is 10.3 Å². The summed E-state index contributed by atoms with van der Waals surface area (Å²) in [7, 11) is 1.59. The molecule has 1 fully saturated rings. The van der Waals surface area contributed by atoms with E-state index in [0.717, 1.165) is 17.4 Å². The number of hydrogen-bond acceptors (Lipinski definition) is 6. The fourth-order valence-electron chi connectivity index (χ4n) is 4.37. The molecule has 2 aromatic carbocycles. The van der Waals surface area contributed by atoms with Gasteiger partial charge >= 0.3 is 11.9 Å². The summed E-state index contributed by atoms with van der Waals surface area (Å²) in [4.78, 5) is 29.6. The van der Waals surface area contributed by atoms with Crippen molar-refractivity contribution < 1.29 is 29.0 Å². The topological polar surface area (TPSA) is 125 Å². The molecule has 1 saturated heterocycles. The largest absolute Gasteiger partial charge is 0.497 e. The number of carbonyl (C=O) groups is 2. The van der Waals surface area contributed by atoms with Crippen LogP contribution in [-0.2, 0) is 0 Å². The van der Waals surface area contributed by atoms with Crippen molar-refractivity contribution in [2.45, 2.75) is 12.1 Å². The number of ether oxygens (including phenoxy) is 1. The third-order valence-corrected chi connectivity index (χ3v) is 6.37. The van der Waals surface area contributed by atoms with Gasteiger partial charge in [-0.3, -0.25) is 4.98 Å². The maximum absolute atomic E-state index is 11.6. The number of hydrogen-bond donors (Lipinski definition) is 3. The Hall–Kier alpha value is -4.70. The Labute approximate surface area is 216 Å². The van der Waals surface area contributed by atoms with Crippen molar-refractivity contribution in [3.05, 3.63) is 102 Å². The number of rotatable bonds is 7. The third-order valence-electron chi connectivity index (χ3n) is 6.06. The van der Waals surface area contributed by atoms with Gasteiger partial charge in [0.2, 0.25) is 0 Å². The third kappa shape index (κ3) is 4.62. The molecule has 9 nitrogen and oxygen atoms in total. The quantitative estimate of drug-likeness (QED) is 0.292. The van der Waals surface area contributed by atoms with Gasteiger partial charge in [0.1, 0.15) is 23.3 Å². The summed E-state index contributed by atoms with van der Waals surface area (Å²) in [6, 6.07) is 19.6. The summed E-state index contributed by atoms with van der Waals surface area (Å²) in [5, 5.41) is 22.7. The second-order valence-corrected chi connectivity index (χ2v) is 8.70. The van der Waals surface area contributed by atoms with Crippen LogP contribution >= 0.6 is 12.2 Å². The van der Waals surface area contributed by atoms with Crippen LogP contribution < -0.4 is 15.0 Å². The summed E-state index contributed by atoms with van der Waals surface area (Å²) in [6.07, 6.45) is 1.70. The van der Waals surface area contributed by atoms with E-state index in [2.05, 4.69) is 10.3 Å². The number of methoxy groups -OCH3 is 1. The molecule has 1 aliphatic rings. The van der Waals surface area contributed by atoms with Crippen LogP contribution in [0, 0.1) is 0 Å². The Bertz CT molecular complexity index is 1470. The molecule has 2 unspecified atom stereocenters. The number of aromatic nitrogens is 1. The van der Waals surface area contributed by atoms with E-state index in [1.807, 2.05) is 47.4 Å². The molecule has 10 heteroatoms. The minimum atomic E-state index is -1.24. The molecule has 3 N–H and O–H groups in total. The van der Waals surface area contributed by atoms with E-state index in [4.69, 9.17) is 21.4 Å². The number of aromatic carboxylic acids is 2. The zero-order chi connectivity index (χ0) is 26.1. The standard InChI is InChI=1S/C27H21N3O6S/c1-35-19-6-4-5-18(14-19)30-24(23(29-27(30)37)20-7-2-3-10-28-20)22-9-8-21(36-22)15-11-16(25(31)32)13-17(12-15)26(33)34/h2-14,23-24H,1H3,(H,29,37)(H,31,32)(H,33,34). The number of furan rings is 1. The molecule has 186 valence electrons. The van der Waals surface area contributed by atoms with Gasteiger partial charge in [-0.05, 0) is 66.8 Å². The number of benzene rings is 2. The SMILES string of the molecule is COc1cccc(N2C(=S)NC(c3ccccn3)C2c2ccc(-c3cc(C(=O)O)cc(C(=O)O)c3)o2)c1. The van der Waals surface area contributed by atoms with Crippen molar-refractivity contribution in [1.29, 1.82) is 0 Å². The lowest BCUT2D eigenvalue weighted by molar-refractivity contribution is 0.0696. The molecule has 0 amide bonds. The number of carboxylic acid groups (broad SMARTS) is 2. The first-order valence-corrected chi connectivity index (χ1v) is 11.6. The highest BCUT2D eigenvalue weighted by atomic mass is 32.1. The molecule has 0 aliphatic carbocycles. The lowest BCUT2D eigenvalue weighted by Gasteiger charge is -2.26. The fourth-order valence-corrected chi connectivity index (χ4v) is 4.71. The Morgan fingerprint density at radius 1 is 1.00 bits per heavy atom. The highest BCUT2D eigenvalue weighted by molar-refractivity contribution is 7.80. The van der Waals surface area contributed by atoms with Gasteiger partial charge in [0.05, 0.1) is 30.0 Å². The molecule has 0 spiro atoms. The summed E-state index contributed by atoms with van der Waals surface area (Å²) in [6.45, 7) is 0. The fraction of sp³-hybridized carbons (Fsp3) is 0.111. The number of thiocarbonyl (C=S) groups is 1. The maximum atomic E-state index is 11.6. The number of nitrogens with one attached hydrogen (secondary N) is 1. The number of pyridine rings is 1. The van der Waals surface area contributed by atoms with Crippen LogP contribution in [0.25, 0.3) is 11.3 Å². The van der Waals surface area contributed by atoms with Gasteiger partial charge in [0, 0.05) is 23.5 Å². The molecule has 2 atom stereocenters. The van der Waals surface area contributed by atoms with Crippen molar-refractivity contribution in [3.63, 3.8) is 0 Å². The Kier molecular flexibility index (Phi) is 6.33. The van der Waals surface area contributed by atoms with Gasteiger partial charge in [-0.2, -0.15) is 0 Å². The lowest BCUT2D eigenvalue weighted by atomic mass is 10.0. The van der Waals surface area contributed by atoms with Crippen molar-refractivity contribution in [3.8, 4) is 17.1 Å². The Balaban J connectivity index is 1.62. The van der Waals surface area contributed by atoms with Crippen molar-refractivity contribution in [2.24, 2.45) is 0 Å². The molecule has 5 rings (SSSR count). The van der Waals surface area contributed by atoms with E-state index in [1.165, 1.54) is 12.1 Å². The molecule has 4 aromatic rings. The number of carboxylic acids is 2. The monoisotopic (exact) mass is 515 g/mol. The first-order valence-electron chi connectivity index (χ1n) is 11.2. The number of nitrogens with zero attached hydrogens (tertiary/aromatic N) is 2. The molecule has 37 heavy (non-hydrogen) atoms. The van der Waals surface area contributed by atoms with Crippen molar-refractivity contribution in [2.75, 3.05) is 12.0 Å². The van der Waals surface area contributed by atoms with Crippen LogP contribution in [0.3, 0.4) is 0 Å². The van der Waals surface area contributed by atoms with Gasteiger partial charge in [-0.1, -0.05) is 12.1 Å². The molecule has 2 aromatic heterocycles. The molecule has 0 saturated carbocycles. The minimum Gasteiger partial charge on any atom is -0.497 e. The average molecular weight is 516 g/mol. The average Bonchev–Trinajstić information content (AvgIpc) is 3.53. The van der Waals surface area contributed by atoms with E-state index in [0.29, 0.717) is 27.9 Å². The predicted molar refractivity (Wildman–Crippen MR) is 139 cm³/mol. The minimum absolute atomic E-state index is 0.152. The van der Waals surface area contributed by atoms with Crippen LogP contribution in [0.4, 0.5) is 5.69 Å². The number of anilines is 1.